The van der Waals surface area contributed by atoms with Gasteiger partial charge in [-0.05, 0) is 69.0 Å². The van der Waals surface area contributed by atoms with Gasteiger partial charge in [0.1, 0.15) is 11.1 Å². The summed E-state index contributed by atoms with van der Waals surface area (Å²) in [6, 6.07) is 8.07. The van der Waals surface area contributed by atoms with Crippen molar-refractivity contribution in [1.82, 2.24) is 9.21 Å². The highest BCUT2D eigenvalue weighted by Gasteiger charge is 2.33. The lowest BCUT2D eigenvalue weighted by molar-refractivity contribution is -0.149. The summed E-state index contributed by atoms with van der Waals surface area (Å²) in [5.41, 5.74) is 1.85. The molecule has 0 bridgehead atoms. The van der Waals surface area contributed by atoms with Crippen molar-refractivity contribution in [1.29, 1.82) is 5.26 Å². The van der Waals surface area contributed by atoms with Crippen molar-refractivity contribution in [3.05, 3.63) is 45.8 Å². The summed E-state index contributed by atoms with van der Waals surface area (Å²) in [7, 11) is -3.74. The fourth-order valence-corrected chi connectivity index (χ4v) is 7.57. The summed E-state index contributed by atoms with van der Waals surface area (Å²) in [6.45, 7) is 7.35. The molecular formula is C26H32N4O5S2. The summed E-state index contributed by atoms with van der Waals surface area (Å²) >= 11 is 1.44. The minimum Gasteiger partial charge on any atom is -0.466 e. The van der Waals surface area contributed by atoms with Crippen LogP contribution >= 0.6 is 11.3 Å². The Morgan fingerprint density at radius 1 is 1.16 bits per heavy atom. The van der Waals surface area contributed by atoms with Crippen LogP contribution in [0.2, 0.25) is 0 Å². The first-order valence-electron chi connectivity index (χ1n) is 12.6. The van der Waals surface area contributed by atoms with Crippen molar-refractivity contribution < 1.29 is 22.7 Å². The van der Waals surface area contributed by atoms with Gasteiger partial charge in [-0.1, -0.05) is 6.92 Å². The Morgan fingerprint density at radius 3 is 2.49 bits per heavy atom. The number of carbonyl (C=O) groups is 2. The van der Waals surface area contributed by atoms with Gasteiger partial charge in [-0.2, -0.15) is 9.57 Å². The molecule has 1 aromatic heterocycles. The predicted molar refractivity (Wildman–Crippen MR) is 141 cm³/mol. The quantitative estimate of drug-likeness (QED) is 0.504. The number of hydrogen-bond donors (Lipinski definition) is 1. The number of carbonyl (C=O) groups excluding carboxylic acids is 2. The van der Waals surface area contributed by atoms with E-state index in [4.69, 9.17) is 4.74 Å². The van der Waals surface area contributed by atoms with Crippen molar-refractivity contribution in [2.75, 3.05) is 38.1 Å². The van der Waals surface area contributed by atoms with Gasteiger partial charge >= 0.3 is 5.97 Å². The molecule has 1 fully saturated rings. The van der Waals surface area contributed by atoms with E-state index < -0.39 is 10.0 Å². The highest BCUT2D eigenvalue weighted by molar-refractivity contribution is 7.89. The van der Waals surface area contributed by atoms with E-state index in [1.807, 2.05) is 0 Å². The maximum absolute atomic E-state index is 13.1. The highest BCUT2D eigenvalue weighted by Crippen LogP contribution is 2.37. The van der Waals surface area contributed by atoms with Crippen LogP contribution in [-0.4, -0.2) is 62.3 Å². The molecule has 0 aliphatic carbocycles. The highest BCUT2D eigenvalue weighted by atomic mass is 32.2. The zero-order valence-electron chi connectivity index (χ0n) is 21.2. The number of piperidine rings is 1. The van der Waals surface area contributed by atoms with Crippen molar-refractivity contribution in [2.45, 2.75) is 51.0 Å². The number of nitriles is 1. The number of nitrogens with zero attached hydrogens (tertiary/aromatic N) is 3. The second kappa shape index (κ2) is 11.7. The van der Waals surface area contributed by atoms with Crippen LogP contribution < -0.4 is 5.32 Å². The predicted octanol–water partition coefficient (Wildman–Crippen LogP) is 3.60. The number of amides is 1. The zero-order chi connectivity index (χ0) is 26.6. The molecule has 4 rings (SSSR count). The molecule has 0 radical (unpaired) electrons. The molecule has 1 aromatic carbocycles. The second-order valence-electron chi connectivity index (χ2n) is 9.25. The Labute approximate surface area is 222 Å². The Kier molecular flexibility index (Phi) is 8.64. The normalized spacial score (nSPS) is 17.1. The van der Waals surface area contributed by atoms with Gasteiger partial charge in [-0.25, -0.2) is 8.42 Å². The molecule has 1 amide bonds. The maximum atomic E-state index is 13.1. The number of fused-ring (bicyclic) bond motifs is 1. The molecule has 37 heavy (non-hydrogen) atoms. The Morgan fingerprint density at radius 2 is 1.86 bits per heavy atom. The van der Waals surface area contributed by atoms with Crippen LogP contribution in [0, 0.1) is 17.2 Å². The van der Waals surface area contributed by atoms with E-state index in [0.717, 1.165) is 42.9 Å². The van der Waals surface area contributed by atoms with Gasteiger partial charge in [0.2, 0.25) is 10.0 Å². The zero-order valence-corrected chi connectivity index (χ0v) is 22.8. The smallest absolute Gasteiger partial charge is 0.309 e. The molecule has 9 nitrogen and oxygen atoms in total. The number of benzene rings is 1. The van der Waals surface area contributed by atoms with Gasteiger partial charge in [-0.15, -0.1) is 11.3 Å². The number of hydrogen-bond acceptors (Lipinski definition) is 8. The first-order valence-corrected chi connectivity index (χ1v) is 14.9. The molecular weight excluding hydrogens is 512 g/mol. The third kappa shape index (κ3) is 5.88. The van der Waals surface area contributed by atoms with Crippen molar-refractivity contribution in [3.8, 4) is 6.07 Å². The average molecular weight is 545 g/mol. The lowest BCUT2D eigenvalue weighted by Crippen LogP contribution is -2.40. The summed E-state index contributed by atoms with van der Waals surface area (Å²) < 4.78 is 32.6. The number of thiophene rings is 1. The van der Waals surface area contributed by atoms with Crippen LogP contribution in [-0.2, 0) is 32.5 Å². The minimum atomic E-state index is -3.74. The third-order valence-electron chi connectivity index (χ3n) is 6.84. The molecule has 2 aromatic rings. The standard InChI is InChI=1S/C26H32N4O5S2/c1-3-12-29-13-11-21-22(16-27)25(36-23(21)17-29)28-24(31)18-5-7-20(8-6-18)37(33,34)30-14-9-19(10-15-30)26(32)35-4-2/h5-8,19H,3-4,9-15,17H2,1-2H3,(H,28,31). The third-order valence-corrected chi connectivity index (χ3v) is 9.89. The van der Waals surface area contributed by atoms with E-state index in [1.54, 1.807) is 6.92 Å². The Bertz CT molecular complexity index is 1290. The van der Waals surface area contributed by atoms with Crippen LogP contribution in [0.5, 0.6) is 0 Å². The fourth-order valence-electron chi connectivity index (χ4n) is 4.86. The maximum Gasteiger partial charge on any atom is 0.309 e. The molecule has 0 unspecified atom stereocenters. The summed E-state index contributed by atoms with van der Waals surface area (Å²) in [4.78, 5) is 28.5. The molecule has 1 N–H and O–H groups in total. The molecule has 0 saturated carbocycles. The molecule has 2 aliphatic rings. The lowest BCUT2D eigenvalue weighted by Gasteiger charge is -2.30. The van der Waals surface area contributed by atoms with E-state index in [9.17, 15) is 23.3 Å². The van der Waals surface area contributed by atoms with Gasteiger partial charge in [-0.3, -0.25) is 14.5 Å². The van der Waals surface area contributed by atoms with Crippen molar-refractivity contribution in [2.24, 2.45) is 5.92 Å². The Balaban J connectivity index is 1.42. The van der Waals surface area contributed by atoms with Crippen LogP contribution in [0.1, 0.15) is 59.5 Å². The fraction of sp³-hybridized carbons (Fsp3) is 0.500. The van der Waals surface area contributed by atoms with Crippen LogP contribution in [0.4, 0.5) is 5.00 Å². The van der Waals surface area contributed by atoms with Gasteiger partial charge < -0.3 is 10.1 Å². The SMILES string of the molecule is CCCN1CCc2c(sc(NC(=O)c3ccc(S(=O)(=O)N4CCC(C(=O)OCC)CC4)cc3)c2C#N)C1. The van der Waals surface area contributed by atoms with Crippen molar-refractivity contribution in [3.63, 3.8) is 0 Å². The van der Waals surface area contributed by atoms with Gasteiger partial charge in [0.05, 0.1) is 23.0 Å². The molecule has 0 spiro atoms. The summed E-state index contributed by atoms with van der Waals surface area (Å²) in [5.74, 6) is -0.951. The summed E-state index contributed by atoms with van der Waals surface area (Å²) in [5, 5.41) is 13.1. The molecule has 198 valence electrons. The number of ether oxygens (including phenoxy) is 1. The molecule has 11 heteroatoms. The first kappa shape index (κ1) is 27.3. The van der Waals surface area contributed by atoms with E-state index in [-0.39, 0.29) is 35.8 Å². The van der Waals surface area contributed by atoms with E-state index in [2.05, 4.69) is 23.2 Å². The van der Waals surface area contributed by atoms with Crippen LogP contribution in [0.25, 0.3) is 0 Å². The van der Waals surface area contributed by atoms with E-state index in [0.29, 0.717) is 35.6 Å². The monoisotopic (exact) mass is 544 g/mol. The molecule has 3 heterocycles. The number of anilines is 1. The van der Waals surface area contributed by atoms with Crippen LogP contribution in [0.15, 0.2) is 29.2 Å². The molecule has 2 aliphatic heterocycles. The van der Waals surface area contributed by atoms with Gasteiger partial charge in [0, 0.05) is 36.6 Å². The number of nitrogens with one attached hydrogen (secondary N) is 1. The van der Waals surface area contributed by atoms with Crippen LogP contribution in [0.3, 0.4) is 0 Å². The first-order chi connectivity index (χ1) is 17.8. The van der Waals surface area contributed by atoms with Gasteiger partial charge in [0.15, 0.2) is 0 Å². The molecule has 0 atom stereocenters. The van der Waals surface area contributed by atoms with E-state index in [1.165, 1.54) is 39.9 Å². The number of esters is 1. The largest absolute Gasteiger partial charge is 0.466 e. The second-order valence-corrected chi connectivity index (χ2v) is 12.3. The topological polar surface area (TPSA) is 120 Å². The summed E-state index contributed by atoms with van der Waals surface area (Å²) in [6.07, 6.45) is 2.68. The lowest BCUT2D eigenvalue weighted by atomic mass is 9.98. The molecule has 1 saturated heterocycles. The number of sulfonamides is 1. The van der Waals surface area contributed by atoms with Crippen molar-refractivity contribution >= 4 is 38.2 Å². The average Bonchev–Trinajstić information content (AvgIpc) is 3.25. The number of rotatable bonds is 8. The van der Waals surface area contributed by atoms with Gasteiger partial charge in [0.25, 0.3) is 5.91 Å². The minimum absolute atomic E-state index is 0.0963. The van der Waals surface area contributed by atoms with E-state index >= 15 is 0 Å². The Hall–Kier alpha value is -2.78.